The van der Waals surface area contributed by atoms with E-state index in [9.17, 15) is 9.65 Å². The number of aromatic nitrogens is 1. The maximum atomic E-state index is 13.4. The molecule has 0 saturated carbocycles. The molecule has 0 aliphatic heterocycles. The molecule has 0 amide bonds. The molecule has 0 bridgehead atoms. The van der Waals surface area contributed by atoms with Crippen LogP contribution in [0.5, 0.6) is 0 Å². The molecule has 0 aliphatic rings. The first-order valence-corrected chi connectivity index (χ1v) is 8.57. The predicted octanol–water partition coefficient (Wildman–Crippen LogP) is 4.13. The third-order valence-corrected chi connectivity index (χ3v) is 4.73. The van der Waals surface area contributed by atoms with Crippen LogP contribution in [0.1, 0.15) is 16.6 Å². The van der Waals surface area contributed by atoms with E-state index < -0.39 is 0 Å². The average molecular weight is 356 g/mol. The summed E-state index contributed by atoms with van der Waals surface area (Å²) in [6, 6.07) is 12.2. The van der Waals surface area contributed by atoms with Gasteiger partial charge in [0.1, 0.15) is 11.9 Å². The van der Waals surface area contributed by atoms with Crippen molar-refractivity contribution in [2.75, 3.05) is 26.0 Å². The Morgan fingerprint density at radius 2 is 2.20 bits per heavy atom. The number of nitriles is 1. The highest BCUT2D eigenvalue weighted by Gasteiger charge is 2.19. The molecule has 0 aliphatic carbocycles. The van der Waals surface area contributed by atoms with Gasteiger partial charge in [-0.05, 0) is 43.7 Å². The second-order valence-electron chi connectivity index (χ2n) is 5.69. The van der Waals surface area contributed by atoms with Crippen molar-refractivity contribution in [2.24, 2.45) is 0 Å². The van der Waals surface area contributed by atoms with Crippen molar-refractivity contribution in [1.29, 1.82) is 5.26 Å². The smallest absolute Gasteiger partial charge is 0.232 e. The minimum atomic E-state index is -0.380. The molecule has 2 aromatic heterocycles. The summed E-state index contributed by atoms with van der Waals surface area (Å²) in [6.45, 7) is 0.556. The lowest BCUT2D eigenvalue weighted by atomic mass is 10.2. The number of benzene rings is 1. The number of rotatable bonds is 6. The van der Waals surface area contributed by atoms with Crippen LogP contribution in [0.3, 0.4) is 0 Å². The molecule has 5 nitrogen and oxygen atoms in total. The third-order valence-electron chi connectivity index (χ3n) is 3.76. The summed E-state index contributed by atoms with van der Waals surface area (Å²) in [5.41, 5.74) is 0.648. The summed E-state index contributed by atoms with van der Waals surface area (Å²) in [6.07, 6.45) is 0. The fraction of sp³-hybridized carbons (Fsp3) is 0.222. The first-order valence-electron chi connectivity index (χ1n) is 7.69. The van der Waals surface area contributed by atoms with E-state index in [0.717, 1.165) is 0 Å². The van der Waals surface area contributed by atoms with Crippen LogP contribution in [0, 0.1) is 17.1 Å². The normalized spacial score (nSPS) is 12.1. The molecule has 0 fully saturated rings. The number of anilines is 1. The van der Waals surface area contributed by atoms with Gasteiger partial charge >= 0.3 is 0 Å². The highest BCUT2D eigenvalue weighted by atomic mass is 32.1. The Kier molecular flexibility index (Phi) is 5.12. The van der Waals surface area contributed by atoms with Crippen LogP contribution in [-0.2, 0) is 0 Å². The number of thiophene rings is 1. The summed E-state index contributed by atoms with van der Waals surface area (Å²) >= 11 is 1.67. The third kappa shape index (κ3) is 3.87. The van der Waals surface area contributed by atoms with Crippen LogP contribution in [0.4, 0.5) is 10.3 Å². The maximum absolute atomic E-state index is 13.4. The molecule has 1 atom stereocenters. The summed E-state index contributed by atoms with van der Waals surface area (Å²) in [7, 11) is 3.99. The van der Waals surface area contributed by atoms with Crippen LogP contribution in [0.25, 0.3) is 11.5 Å². The van der Waals surface area contributed by atoms with Crippen molar-refractivity contribution in [2.45, 2.75) is 6.04 Å². The van der Waals surface area contributed by atoms with Crippen molar-refractivity contribution in [3.63, 3.8) is 0 Å². The van der Waals surface area contributed by atoms with Gasteiger partial charge in [-0.25, -0.2) is 4.39 Å². The van der Waals surface area contributed by atoms with E-state index in [1.165, 1.54) is 17.0 Å². The van der Waals surface area contributed by atoms with Gasteiger partial charge in [-0.3, -0.25) is 0 Å². The fourth-order valence-electron chi connectivity index (χ4n) is 2.47. The van der Waals surface area contributed by atoms with Crippen LogP contribution in [0.15, 0.2) is 46.2 Å². The number of hydrogen-bond acceptors (Lipinski definition) is 6. The molecule has 0 spiro atoms. The fourth-order valence-corrected chi connectivity index (χ4v) is 3.39. The lowest BCUT2D eigenvalue weighted by Crippen LogP contribution is -2.26. The number of nitrogens with zero attached hydrogens (tertiary/aromatic N) is 3. The van der Waals surface area contributed by atoms with E-state index in [1.54, 1.807) is 23.5 Å². The summed E-state index contributed by atoms with van der Waals surface area (Å²) in [5, 5.41) is 14.5. The molecule has 2 heterocycles. The molecule has 3 aromatic rings. The zero-order chi connectivity index (χ0) is 17.8. The number of hydrogen-bond donors (Lipinski definition) is 1. The van der Waals surface area contributed by atoms with Crippen LogP contribution < -0.4 is 5.32 Å². The molecule has 128 valence electrons. The summed E-state index contributed by atoms with van der Waals surface area (Å²) in [5.74, 6) is 0.135. The predicted molar refractivity (Wildman–Crippen MR) is 95.8 cm³/mol. The Balaban J connectivity index is 1.82. The van der Waals surface area contributed by atoms with Gasteiger partial charge in [-0.2, -0.15) is 10.2 Å². The first kappa shape index (κ1) is 17.1. The molecule has 1 unspecified atom stereocenters. The van der Waals surface area contributed by atoms with Crippen LogP contribution in [-0.4, -0.2) is 30.5 Å². The molecular weight excluding hydrogens is 339 g/mol. The Morgan fingerprint density at radius 3 is 2.84 bits per heavy atom. The van der Waals surface area contributed by atoms with Crippen molar-refractivity contribution >= 4 is 17.2 Å². The lowest BCUT2D eigenvalue weighted by Gasteiger charge is -2.23. The van der Waals surface area contributed by atoms with Gasteiger partial charge in [0.05, 0.1) is 6.04 Å². The molecule has 1 N–H and O–H groups in total. The van der Waals surface area contributed by atoms with Gasteiger partial charge in [0, 0.05) is 17.0 Å². The van der Waals surface area contributed by atoms with Gasteiger partial charge in [-0.1, -0.05) is 12.1 Å². The number of oxazole rings is 1. The Labute approximate surface area is 149 Å². The summed E-state index contributed by atoms with van der Waals surface area (Å²) in [4.78, 5) is 7.46. The maximum Gasteiger partial charge on any atom is 0.232 e. The van der Waals surface area contributed by atoms with Crippen LogP contribution >= 0.6 is 11.3 Å². The second kappa shape index (κ2) is 7.47. The number of likely N-dealkylation sites (N-methyl/N-ethyl adjacent to an activating group) is 1. The van der Waals surface area contributed by atoms with Gasteiger partial charge < -0.3 is 14.6 Å². The summed E-state index contributed by atoms with van der Waals surface area (Å²) < 4.78 is 19.1. The monoisotopic (exact) mass is 356 g/mol. The second-order valence-corrected chi connectivity index (χ2v) is 6.67. The average Bonchev–Trinajstić information content (AvgIpc) is 3.24. The molecule has 7 heteroatoms. The highest BCUT2D eigenvalue weighted by molar-refractivity contribution is 7.10. The van der Waals surface area contributed by atoms with Gasteiger partial charge in [0.25, 0.3) is 0 Å². The number of halogens is 1. The van der Waals surface area contributed by atoms with Crippen molar-refractivity contribution in [3.8, 4) is 17.5 Å². The van der Waals surface area contributed by atoms with Crippen LogP contribution in [0.2, 0.25) is 0 Å². The largest absolute Gasteiger partial charge is 0.419 e. The minimum absolute atomic E-state index is 0.134. The van der Waals surface area contributed by atoms with Gasteiger partial charge in [0.2, 0.25) is 17.5 Å². The van der Waals surface area contributed by atoms with E-state index in [4.69, 9.17) is 4.42 Å². The molecule has 25 heavy (non-hydrogen) atoms. The zero-order valence-corrected chi connectivity index (χ0v) is 14.7. The van der Waals surface area contributed by atoms with E-state index in [2.05, 4.69) is 21.3 Å². The van der Waals surface area contributed by atoms with E-state index in [0.29, 0.717) is 18.0 Å². The SMILES string of the molecule is CN(C)C(CNc1oc(-c2cccc(F)c2)nc1C#N)c1cccs1. The molecule has 0 radical (unpaired) electrons. The Bertz CT molecular complexity index is 883. The molecule has 0 saturated heterocycles. The zero-order valence-electron chi connectivity index (χ0n) is 13.9. The van der Waals surface area contributed by atoms with Gasteiger partial charge in [0.15, 0.2) is 0 Å². The first-order chi connectivity index (χ1) is 12.1. The highest BCUT2D eigenvalue weighted by Crippen LogP contribution is 2.28. The Morgan fingerprint density at radius 1 is 1.36 bits per heavy atom. The topological polar surface area (TPSA) is 65.1 Å². The molecule has 3 rings (SSSR count). The van der Waals surface area contributed by atoms with E-state index >= 15 is 0 Å². The number of nitrogens with one attached hydrogen (secondary N) is 1. The molecular formula is C18H17FN4OS. The van der Waals surface area contributed by atoms with Crippen molar-refractivity contribution in [3.05, 3.63) is 58.2 Å². The molecule has 1 aromatic carbocycles. The standard InChI is InChI=1S/C18H17FN4OS/c1-23(2)15(16-7-4-8-25-16)11-21-18-14(10-20)22-17(24-18)12-5-3-6-13(19)9-12/h3-9,15,21H,11H2,1-2H3. The van der Waals surface area contributed by atoms with Gasteiger partial charge in [-0.15, -0.1) is 11.3 Å². The quantitative estimate of drug-likeness (QED) is 0.719. The Hall–Kier alpha value is -2.69. The van der Waals surface area contributed by atoms with Crippen molar-refractivity contribution in [1.82, 2.24) is 9.88 Å². The van der Waals surface area contributed by atoms with Crippen molar-refractivity contribution < 1.29 is 8.81 Å². The van der Waals surface area contributed by atoms with E-state index in [-0.39, 0.29) is 23.4 Å². The minimum Gasteiger partial charge on any atom is -0.419 e. The van der Waals surface area contributed by atoms with E-state index in [1.807, 2.05) is 31.6 Å². The lowest BCUT2D eigenvalue weighted by molar-refractivity contribution is 0.315.